The number of hydrogen-bond donors (Lipinski definition) is 3. The average molecular weight is 423 g/mol. The van der Waals surface area contributed by atoms with Gasteiger partial charge in [-0.2, -0.15) is 5.10 Å². The lowest BCUT2D eigenvalue weighted by molar-refractivity contribution is -0.136. The van der Waals surface area contributed by atoms with Crippen molar-refractivity contribution in [1.82, 2.24) is 35.6 Å². The van der Waals surface area contributed by atoms with E-state index in [0.29, 0.717) is 19.6 Å². The Balaban J connectivity index is 1.35. The van der Waals surface area contributed by atoms with E-state index in [2.05, 4.69) is 26.0 Å². The van der Waals surface area contributed by atoms with E-state index in [1.165, 1.54) is 6.33 Å². The first-order valence-corrected chi connectivity index (χ1v) is 10.0. The number of rotatable bonds is 5. The second kappa shape index (κ2) is 7.06. The van der Waals surface area contributed by atoms with Gasteiger partial charge in [0, 0.05) is 33.1 Å². The molecule has 3 N–H and O–H groups in total. The second-order valence-corrected chi connectivity index (χ2v) is 8.07. The van der Waals surface area contributed by atoms with E-state index in [9.17, 15) is 19.2 Å². The molecule has 0 bridgehead atoms. The predicted octanol–water partition coefficient (Wildman–Crippen LogP) is -1.20. The third kappa shape index (κ3) is 3.04. The van der Waals surface area contributed by atoms with Crippen molar-refractivity contribution in [2.24, 2.45) is 7.05 Å². The molecule has 4 amide bonds. The zero-order chi connectivity index (χ0) is 21.8. The SMILES string of the molecule is Cn1ncnc1C1(NCc2ccc3c(c2)C(=O)N(C2CCC(=O)NC2=O)C3=O)CNC1. The van der Waals surface area contributed by atoms with Crippen LogP contribution < -0.4 is 16.0 Å². The summed E-state index contributed by atoms with van der Waals surface area (Å²) in [5, 5.41) is 13.1. The zero-order valence-electron chi connectivity index (χ0n) is 16.8. The molecule has 11 heteroatoms. The van der Waals surface area contributed by atoms with E-state index in [0.717, 1.165) is 16.3 Å². The monoisotopic (exact) mass is 423 g/mol. The standard InChI is InChI=1S/C20H21N7O4/c1-26-19(22-10-24-26)20(8-21-9-20)23-7-11-2-3-12-13(6-11)18(31)27(17(12)30)14-4-5-15(28)25-16(14)29/h2-3,6,10,14,21,23H,4-5,7-9H2,1H3,(H,25,28,29). The second-order valence-electron chi connectivity index (χ2n) is 8.07. The van der Waals surface area contributed by atoms with Crippen LogP contribution in [-0.4, -0.2) is 62.4 Å². The quantitative estimate of drug-likeness (QED) is 0.510. The van der Waals surface area contributed by atoms with Gasteiger partial charge in [-0.25, -0.2) is 4.98 Å². The lowest BCUT2D eigenvalue weighted by atomic mass is 9.90. The van der Waals surface area contributed by atoms with E-state index in [1.807, 2.05) is 7.05 Å². The van der Waals surface area contributed by atoms with E-state index < -0.39 is 29.7 Å². The molecule has 1 aromatic carbocycles. The largest absolute Gasteiger partial charge is 0.312 e. The highest BCUT2D eigenvalue weighted by atomic mass is 16.2. The van der Waals surface area contributed by atoms with E-state index in [4.69, 9.17) is 0 Å². The first-order chi connectivity index (χ1) is 14.9. The molecule has 11 nitrogen and oxygen atoms in total. The van der Waals surface area contributed by atoms with Crippen LogP contribution in [0.1, 0.15) is 44.9 Å². The molecule has 3 aliphatic rings. The Bertz CT molecular complexity index is 1120. The van der Waals surface area contributed by atoms with Crippen LogP contribution in [0.5, 0.6) is 0 Å². The summed E-state index contributed by atoms with van der Waals surface area (Å²) in [6.45, 7) is 1.86. The lowest BCUT2D eigenvalue weighted by Gasteiger charge is -2.42. The molecule has 4 heterocycles. The van der Waals surface area contributed by atoms with Gasteiger partial charge in [0.05, 0.1) is 11.1 Å². The van der Waals surface area contributed by atoms with E-state index >= 15 is 0 Å². The van der Waals surface area contributed by atoms with Gasteiger partial charge in [0.1, 0.15) is 23.7 Å². The molecule has 0 spiro atoms. The van der Waals surface area contributed by atoms with Crippen LogP contribution in [0.4, 0.5) is 0 Å². The molecule has 1 aromatic heterocycles. The summed E-state index contributed by atoms with van der Waals surface area (Å²) < 4.78 is 1.73. The molecular formula is C20H21N7O4. The highest BCUT2D eigenvalue weighted by Gasteiger charge is 2.45. The summed E-state index contributed by atoms with van der Waals surface area (Å²) in [5.41, 5.74) is 1.02. The average Bonchev–Trinajstić information content (AvgIpc) is 3.24. The first kappa shape index (κ1) is 19.5. The van der Waals surface area contributed by atoms with Gasteiger partial charge in [0.2, 0.25) is 11.8 Å². The van der Waals surface area contributed by atoms with E-state index in [-0.39, 0.29) is 29.5 Å². The van der Waals surface area contributed by atoms with Crippen molar-refractivity contribution in [3.05, 3.63) is 47.0 Å². The fraction of sp³-hybridized carbons (Fsp3) is 0.400. The lowest BCUT2D eigenvalue weighted by Crippen LogP contribution is -2.65. The fourth-order valence-corrected chi connectivity index (χ4v) is 4.37. The summed E-state index contributed by atoms with van der Waals surface area (Å²) in [4.78, 5) is 54.7. The molecule has 0 aliphatic carbocycles. The number of amides is 4. The summed E-state index contributed by atoms with van der Waals surface area (Å²) in [6.07, 6.45) is 1.75. The van der Waals surface area contributed by atoms with Gasteiger partial charge >= 0.3 is 0 Å². The molecular weight excluding hydrogens is 402 g/mol. The summed E-state index contributed by atoms with van der Waals surface area (Å²) in [5.74, 6) is -1.20. The zero-order valence-corrected chi connectivity index (χ0v) is 16.8. The summed E-state index contributed by atoms with van der Waals surface area (Å²) >= 11 is 0. The predicted molar refractivity (Wildman–Crippen MR) is 106 cm³/mol. The minimum Gasteiger partial charge on any atom is -0.312 e. The van der Waals surface area contributed by atoms with Gasteiger partial charge in [-0.15, -0.1) is 0 Å². The van der Waals surface area contributed by atoms with Crippen molar-refractivity contribution in [1.29, 1.82) is 0 Å². The topological polar surface area (TPSA) is 138 Å². The molecule has 5 rings (SSSR count). The van der Waals surface area contributed by atoms with E-state index in [1.54, 1.807) is 22.9 Å². The number of fused-ring (bicyclic) bond motifs is 1. The molecule has 2 fully saturated rings. The number of nitrogens with zero attached hydrogens (tertiary/aromatic N) is 4. The van der Waals surface area contributed by atoms with Crippen LogP contribution in [0.3, 0.4) is 0 Å². The number of aryl methyl sites for hydroxylation is 1. The number of hydrogen-bond acceptors (Lipinski definition) is 8. The van der Waals surface area contributed by atoms with Gasteiger partial charge in [-0.3, -0.25) is 39.4 Å². The number of carbonyl (C=O) groups excluding carboxylic acids is 4. The molecule has 2 aromatic rings. The van der Waals surface area contributed by atoms with Crippen LogP contribution in [0.25, 0.3) is 0 Å². The Kier molecular flexibility index (Phi) is 4.45. The number of piperidine rings is 1. The van der Waals surface area contributed by atoms with Crippen molar-refractivity contribution in [3.8, 4) is 0 Å². The van der Waals surface area contributed by atoms with Crippen LogP contribution in [-0.2, 0) is 28.7 Å². The number of imide groups is 2. The minimum atomic E-state index is -0.966. The van der Waals surface area contributed by atoms with Gasteiger partial charge in [0.15, 0.2) is 0 Å². The summed E-state index contributed by atoms with van der Waals surface area (Å²) in [6, 6.07) is 4.13. The molecule has 3 aliphatic heterocycles. The third-order valence-electron chi connectivity index (χ3n) is 6.13. The van der Waals surface area contributed by atoms with Crippen LogP contribution >= 0.6 is 0 Å². The molecule has 31 heavy (non-hydrogen) atoms. The third-order valence-corrected chi connectivity index (χ3v) is 6.13. The molecule has 2 saturated heterocycles. The Morgan fingerprint density at radius 3 is 2.58 bits per heavy atom. The highest BCUT2D eigenvalue weighted by Crippen LogP contribution is 2.29. The number of carbonyl (C=O) groups is 4. The Morgan fingerprint density at radius 2 is 1.94 bits per heavy atom. The van der Waals surface area contributed by atoms with Crippen molar-refractivity contribution in [2.75, 3.05) is 13.1 Å². The molecule has 1 unspecified atom stereocenters. The first-order valence-electron chi connectivity index (χ1n) is 10.0. The molecule has 0 saturated carbocycles. The van der Waals surface area contributed by atoms with Crippen molar-refractivity contribution < 1.29 is 19.2 Å². The smallest absolute Gasteiger partial charge is 0.262 e. The highest BCUT2D eigenvalue weighted by molar-refractivity contribution is 6.23. The van der Waals surface area contributed by atoms with Crippen LogP contribution in [0, 0.1) is 0 Å². The number of benzene rings is 1. The van der Waals surface area contributed by atoms with Gasteiger partial charge in [-0.1, -0.05) is 6.07 Å². The van der Waals surface area contributed by atoms with Crippen LogP contribution in [0.2, 0.25) is 0 Å². The van der Waals surface area contributed by atoms with Gasteiger partial charge < -0.3 is 5.32 Å². The maximum Gasteiger partial charge on any atom is 0.262 e. The van der Waals surface area contributed by atoms with Gasteiger partial charge in [0.25, 0.3) is 11.8 Å². The van der Waals surface area contributed by atoms with Crippen molar-refractivity contribution >= 4 is 23.6 Å². The molecule has 1 atom stereocenters. The number of nitrogens with one attached hydrogen (secondary N) is 3. The van der Waals surface area contributed by atoms with Gasteiger partial charge in [-0.05, 0) is 24.1 Å². The Morgan fingerprint density at radius 1 is 1.16 bits per heavy atom. The maximum absolute atomic E-state index is 13.0. The molecule has 0 radical (unpaired) electrons. The minimum absolute atomic E-state index is 0.0944. The molecule has 160 valence electrons. The summed E-state index contributed by atoms with van der Waals surface area (Å²) in [7, 11) is 1.84. The van der Waals surface area contributed by atoms with Crippen molar-refractivity contribution in [2.45, 2.75) is 31.0 Å². The number of aromatic nitrogens is 3. The Labute approximate surface area is 177 Å². The maximum atomic E-state index is 13.0. The normalized spacial score (nSPS) is 22.4. The van der Waals surface area contributed by atoms with Crippen LogP contribution in [0.15, 0.2) is 24.5 Å². The van der Waals surface area contributed by atoms with Crippen molar-refractivity contribution in [3.63, 3.8) is 0 Å². The Hall–Kier alpha value is -3.44. The fourth-order valence-electron chi connectivity index (χ4n) is 4.37.